The zero-order valence-electron chi connectivity index (χ0n) is 11.3. The van der Waals surface area contributed by atoms with Gasteiger partial charge in [0.1, 0.15) is 5.75 Å². The first-order chi connectivity index (χ1) is 10.0. The smallest absolute Gasteiger partial charge is 0.279 e. The van der Waals surface area contributed by atoms with E-state index in [-0.39, 0.29) is 0 Å². The molecule has 0 bridgehead atoms. The second-order valence-electron chi connectivity index (χ2n) is 4.45. The van der Waals surface area contributed by atoms with Crippen LogP contribution in [0.1, 0.15) is 17.2 Å². The molecule has 0 heterocycles. The highest BCUT2D eigenvalue weighted by Gasteiger charge is 2.23. The third-order valence-corrected chi connectivity index (χ3v) is 3.65. The Morgan fingerprint density at radius 3 is 2.57 bits per heavy atom. The summed E-state index contributed by atoms with van der Waals surface area (Å²) in [5.74, 6) is 5.26. The minimum Gasteiger partial charge on any atom is -0.474 e. The van der Waals surface area contributed by atoms with Gasteiger partial charge in [0.05, 0.1) is 5.02 Å². The van der Waals surface area contributed by atoms with Crippen molar-refractivity contribution in [2.75, 3.05) is 0 Å². The lowest BCUT2D eigenvalue weighted by Crippen LogP contribution is -2.37. The highest BCUT2D eigenvalue weighted by Crippen LogP contribution is 2.35. The lowest BCUT2D eigenvalue weighted by Gasteiger charge is -2.20. The van der Waals surface area contributed by atoms with Crippen LogP contribution in [-0.2, 0) is 4.79 Å². The molecule has 110 valence electrons. The van der Waals surface area contributed by atoms with Crippen molar-refractivity contribution < 1.29 is 9.53 Å². The molecule has 1 unspecified atom stereocenters. The molecule has 0 fully saturated rings. The van der Waals surface area contributed by atoms with Gasteiger partial charge in [0.2, 0.25) is 6.10 Å². The van der Waals surface area contributed by atoms with E-state index in [2.05, 4.69) is 21.4 Å². The summed E-state index contributed by atoms with van der Waals surface area (Å²) in [7, 11) is 0. The average Bonchev–Trinajstić information content (AvgIpc) is 2.46. The summed E-state index contributed by atoms with van der Waals surface area (Å²) in [6.07, 6.45) is -0.867. The van der Waals surface area contributed by atoms with Crippen LogP contribution in [0.2, 0.25) is 5.02 Å². The molecule has 2 aromatic rings. The van der Waals surface area contributed by atoms with E-state index in [9.17, 15) is 4.79 Å². The monoisotopic (exact) mass is 368 g/mol. The van der Waals surface area contributed by atoms with Gasteiger partial charge in [0.15, 0.2) is 0 Å². The molecule has 0 spiro atoms. The number of hydrogen-bond donors (Lipinski definition) is 2. The fraction of sp³-hybridized carbons (Fsp3) is 0.133. The van der Waals surface area contributed by atoms with Gasteiger partial charge in [-0.25, -0.2) is 5.84 Å². The molecule has 6 heteroatoms. The number of hydrazine groups is 1. The molecule has 2 aromatic carbocycles. The molecule has 4 nitrogen and oxygen atoms in total. The molecule has 2 rings (SSSR count). The minimum absolute atomic E-state index is 0.424. The summed E-state index contributed by atoms with van der Waals surface area (Å²) in [6, 6.07) is 12.7. The Hall–Kier alpha value is -1.56. The van der Waals surface area contributed by atoms with E-state index >= 15 is 0 Å². The Balaban J connectivity index is 2.39. The van der Waals surface area contributed by atoms with Crippen LogP contribution in [0.15, 0.2) is 46.9 Å². The average molecular weight is 370 g/mol. The van der Waals surface area contributed by atoms with Crippen LogP contribution in [-0.4, -0.2) is 5.91 Å². The summed E-state index contributed by atoms with van der Waals surface area (Å²) >= 11 is 9.56. The van der Waals surface area contributed by atoms with E-state index in [4.69, 9.17) is 22.2 Å². The zero-order chi connectivity index (χ0) is 15.4. The first-order valence-corrected chi connectivity index (χ1v) is 7.37. The molecule has 0 aliphatic heterocycles. The van der Waals surface area contributed by atoms with E-state index in [0.717, 1.165) is 10.0 Å². The van der Waals surface area contributed by atoms with Gasteiger partial charge in [-0.2, -0.15) is 0 Å². The number of nitrogens with two attached hydrogens (primary N) is 1. The Morgan fingerprint density at radius 1 is 1.33 bits per heavy atom. The maximum absolute atomic E-state index is 12.0. The van der Waals surface area contributed by atoms with Gasteiger partial charge in [0, 0.05) is 10.0 Å². The van der Waals surface area contributed by atoms with Crippen molar-refractivity contribution in [2.45, 2.75) is 13.0 Å². The van der Waals surface area contributed by atoms with Crippen molar-refractivity contribution in [3.05, 3.63) is 63.1 Å². The highest BCUT2D eigenvalue weighted by molar-refractivity contribution is 9.10. The first kappa shape index (κ1) is 15.8. The number of hydrogen-bond acceptors (Lipinski definition) is 3. The fourth-order valence-corrected chi connectivity index (χ4v) is 2.95. The number of rotatable bonds is 4. The van der Waals surface area contributed by atoms with E-state index in [1.165, 1.54) is 0 Å². The Morgan fingerprint density at radius 2 is 2.00 bits per heavy atom. The van der Waals surface area contributed by atoms with Crippen LogP contribution in [0.5, 0.6) is 5.75 Å². The van der Waals surface area contributed by atoms with Crippen LogP contribution in [0, 0.1) is 6.92 Å². The largest absolute Gasteiger partial charge is 0.474 e. The summed E-state index contributed by atoms with van der Waals surface area (Å²) in [5.41, 5.74) is 3.63. The van der Waals surface area contributed by atoms with Gasteiger partial charge >= 0.3 is 0 Å². The molecule has 0 saturated carbocycles. The number of nitrogens with one attached hydrogen (secondary N) is 1. The normalized spacial score (nSPS) is 11.8. The van der Waals surface area contributed by atoms with Gasteiger partial charge in [-0.15, -0.1) is 0 Å². The van der Waals surface area contributed by atoms with E-state index in [0.29, 0.717) is 16.3 Å². The molecule has 0 aromatic heterocycles. The van der Waals surface area contributed by atoms with Crippen molar-refractivity contribution >= 4 is 33.4 Å². The number of carbonyl (C=O) groups excluding carboxylic acids is 1. The molecule has 1 atom stereocenters. The number of benzene rings is 2. The van der Waals surface area contributed by atoms with Crippen molar-refractivity contribution in [3.63, 3.8) is 0 Å². The Bertz CT molecular complexity index is 626. The maximum Gasteiger partial charge on any atom is 0.279 e. The van der Waals surface area contributed by atoms with Crippen LogP contribution in [0.4, 0.5) is 0 Å². The number of ether oxygens (including phenoxy) is 1. The van der Waals surface area contributed by atoms with Crippen LogP contribution in [0.25, 0.3) is 0 Å². The maximum atomic E-state index is 12.0. The Labute approximate surface area is 136 Å². The number of aryl methyl sites for hydroxylation is 1. The molecule has 0 saturated heterocycles. The number of halogens is 2. The standard InChI is InChI=1S/C15H14BrClN2O2/c1-9-7-11(16)8-12(17)13(9)21-14(15(20)19-18)10-5-3-2-4-6-10/h2-8,14H,18H2,1H3,(H,19,20). The van der Waals surface area contributed by atoms with E-state index in [1.807, 2.05) is 31.2 Å². The predicted octanol–water partition coefficient (Wildman–Crippen LogP) is 3.52. The molecule has 21 heavy (non-hydrogen) atoms. The Kier molecular flexibility index (Phi) is 5.22. The fourth-order valence-electron chi connectivity index (χ4n) is 1.93. The SMILES string of the molecule is Cc1cc(Br)cc(Cl)c1OC(C(=O)NN)c1ccccc1. The molecule has 1 amide bonds. The highest BCUT2D eigenvalue weighted by atomic mass is 79.9. The molecule has 3 N–H and O–H groups in total. The molecular formula is C15H14BrClN2O2. The predicted molar refractivity (Wildman–Crippen MR) is 86.0 cm³/mol. The summed E-state index contributed by atoms with van der Waals surface area (Å²) in [4.78, 5) is 12.0. The number of amides is 1. The second-order valence-corrected chi connectivity index (χ2v) is 5.77. The van der Waals surface area contributed by atoms with Crippen molar-refractivity contribution in [3.8, 4) is 5.75 Å². The lowest BCUT2D eigenvalue weighted by molar-refractivity contribution is -0.128. The van der Waals surface area contributed by atoms with Crippen LogP contribution < -0.4 is 16.0 Å². The van der Waals surface area contributed by atoms with Gasteiger partial charge in [-0.05, 0) is 24.6 Å². The quantitative estimate of drug-likeness (QED) is 0.492. The van der Waals surface area contributed by atoms with Crippen molar-refractivity contribution in [1.29, 1.82) is 0 Å². The molecule has 0 aliphatic rings. The topological polar surface area (TPSA) is 64.3 Å². The van der Waals surface area contributed by atoms with Crippen molar-refractivity contribution in [2.24, 2.45) is 5.84 Å². The minimum atomic E-state index is -0.867. The van der Waals surface area contributed by atoms with Crippen LogP contribution >= 0.6 is 27.5 Å². The van der Waals surface area contributed by atoms with E-state index < -0.39 is 12.0 Å². The first-order valence-electron chi connectivity index (χ1n) is 6.20. The van der Waals surface area contributed by atoms with Crippen LogP contribution in [0.3, 0.4) is 0 Å². The molecule has 0 aliphatic carbocycles. The van der Waals surface area contributed by atoms with Gasteiger partial charge in [0.25, 0.3) is 5.91 Å². The third kappa shape index (κ3) is 3.75. The van der Waals surface area contributed by atoms with Gasteiger partial charge < -0.3 is 4.74 Å². The summed E-state index contributed by atoms with van der Waals surface area (Å²) in [5, 5.41) is 0.424. The second kappa shape index (κ2) is 6.93. The third-order valence-electron chi connectivity index (χ3n) is 2.91. The molecule has 0 radical (unpaired) electrons. The number of carbonyl (C=O) groups is 1. The van der Waals surface area contributed by atoms with Crippen molar-refractivity contribution in [1.82, 2.24) is 5.43 Å². The zero-order valence-corrected chi connectivity index (χ0v) is 13.6. The van der Waals surface area contributed by atoms with Gasteiger partial charge in [-0.3, -0.25) is 10.2 Å². The summed E-state index contributed by atoms with van der Waals surface area (Å²) in [6.45, 7) is 1.86. The van der Waals surface area contributed by atoms with E-state index in [1.54, 1.807) is 18.2 Å². The summed E-state index contributed by atoms with van der Waals surface area (Å²) < 4.78 is 6.67. The van der Waals surface area contributed by atoms with Gasteiger partial charge in [-0.1, -0.05) is 57.9 Å². The molecular weight excluding hydrogens is 356 g/mol. The lowest BCUT2D eigenvalue weighted by atomic mass is 10.1.